The normalized spacial score (nSPS) is 14.1. The zero-order chi connectivity index (χ0) is 21.8. The molecule has 7 heteroatoms. The van der Waals surface area contributed by atoms with E-state index in [-0.39, 0.29) is 5.91 Å². The van der Waals surface area contributed by atoms with E-state index in [4.69, 9.17) is 0 Å². The molecule has 1 amide bonds. The highest BCUT2D eigenvalue weighted by atomic mass is 79.9. The Kier molecular flexibility index (Phi) is 6.28. The highest BCUT2D eigenvalue weighted by Crippen LogP contribution is 2.24. The van der Waals surface area contributed by atoms with Gasteiger partial charge in [0.05, 0.1) is 22.5 Å². The van der Waals surface area contributed by atoms with E-state index in [9.17, 15) is 10.1 Å². The zero-order valence-electron chi connectivity index (χ0n) is 17.3. The second-order valence-electron chi connectivity index (χ2n) is 7.46. The van der Waals surface area contributed by atoms with E-state index in [1.54, 1.807) is 18.3 Å². The molecule has 0 bridgehead atoms. The number of carbonyl (C=O) groups is 1. The van der Waals surface area contributed by atoms with Crippen LogP contribution < -0.4 is 4.90 Å². The number of aromatic nitrogens is 2. The Bertz CT molecular complexity index is 1160. The predicted molar refractivity (Wildman–Crippen MR) is 124 cm³/mol. The quantitative estimate of drug-likeness (QED) is 0.559. The van der Waals surface area contributed by atoms with E-state index in [1.807, 2.05) is 48.2 Å². The van der Waals surface area contributed by atoms with Crippen LogP contribution in [-0.2, 0) is 0 Å². The summed E-state index contributed by atoms with van der Waals surface area (Å²) in [6.45, 7) is 4.52. The van der Waals surface area contributed by atoms with Crippen LogP contribution in [-0.4, -0.2) is 47.0 Å². The lowest BCUT2D eigenvalue weighted by Crippen LogP contribution is -2.36. The van der Waals surface area contributed by atoms with E-state index < -0.39 is 0 Å². The van der Waals surface area contributed by atoms with Gasteiger partial charge >= 0.3 is 0 Å². The van der Waals surface area contributed by atoms with Crippen molar-refractivity contribution in [3.05, 3.63) is 76.0 Å². The summed E-state index contributed by atoms with van der Waals surface area (Å²) in [7, 11) is 0. The number of hydrogen-bond acceptors (Lipinski definition) is 5. The van der Waals surface area contributed by atoms with Gasteiger partial charge in [0.15, 0.2) is 0 Å². The lowest BCUT2D eigenvalue weighted by atomic mass is 10.1. The van der Waals surface area contributed by atoms with Crippen LogP contribution in [0.3, 0.4) is 0 Å². The second kappa shape index (κ2) is 9.27. The van der Waals surface area contributed by atoms with Crippen molar-refractivity contribution < 1.29 is 4.79 Å². The highest BCUT2D eigenvalue weighted by Gasteiger charge is 2.23. The van der Waals surface area contributed by atoms with Gasteiger partial charge in [0.25, 0.3) is 5.91 Å². The fraction of sp³-hybridized carbons (Fsp3) is 0.250. The first-order chi connectivity index (χ1) is 15.1. The summed E-state index contributed by atoms with van der Waals surface area (Å²) in [4.78, 5) is 26.3. The first-order valence-electron chi connectivity index (χ1n) is 10.2. The third kappa shape index (κ3) is 4.59. The van der Waals surface area contributed by atoms with Crippen LogP contribution in [0.4, 0.5) is 5.82 Å². The Hall–Kier alpha value is -3.24. The Morgan fingerprint density at radius 3 is 2.74 bits per heavy atom. The summed E-state index contributed by atoms with van der Waals surface area (Å²) < 4.78 is 0.992. The average molecular weight is 476 g/mol. The fourth-order valence-electron chi connectivity index (χ4n) is 3.83. The van der Waals surface area contributed by atoms with Gasteiger partial charge < -0.3 is 9.80 Å². The van der Waals surface area contributed by atoms with Crippen molar-refractivity contribution in [1.82, 2.24) is 14.9 Å². The van der Waals surface area contributed by atoms with E-state index in [2.05, 4.69) is 36.9 Å². The molecule has 1 aliphatic rings. The summed E-state index contributed by atoms with van der Waals surface area (Å²) in [5.41, 5.74) is 3.76. The molecule has 2 aromatic heterocycles. The number of nitriles is 1. The van der Waals surface area contributed by atoms with Gasteiger partial charge in [-0.2, -0.15) is 5.26 Å². The minimum atomic E-state index is -0.00540. The lowest BCUT2D eigenvalue weighted by Gasteiger charge is -2.23. The van der Waals surface area contributed by atoms with Crippen LogP contribution in [0.5, 0.6) is 0 Å². The number of carbonyl (C=O) groups excluding carboxylic acids is 1. The first kappa shape index (κ1) is 21.0. The number of benzene rings is 1. The predicted octanol–water partition coefficient (Wildman–Crippen LogP) is 4.44. The van der Waals surface area contributed by atoms with Crippen molar-refractivity contribution in [2.45, 2.75) is 13.3 Å². The molecule has 0 spiro atoms. The van der Waals surface area contributed by atoms with Gasteiger partial charge in [-0.15, -0.1) is 0 Å². The average Bonchev–Trinajstić information content (AvgIpc) is 3.05. The molecule has 1 saturated heterocycles. The molecule has 1 aliphatic heterocycles. The molecule has 4 rings (SSSR count). The number of anilines is 1. The first-order valence-corrected chi connectivity index (χ1v) is 11.0. The topological polar surface area (TPSA) is 73.1 Å². The number of rotatable bonds is 3. The number of pyridine rings is 2. The van der Waals surface area contributed by atoms with Crippen LogP contribution in [0.2, 0.25) is 0 Å². The number of hydrogen-bond donors (Lipinski definition) is 0. The van der Waals surface area contributed by atoms with Crippen LogP contribution >= 0.6 is 15.9 Å². The Balaban J connectivity index is 1.50. The Morgan fingerprint density at radius 2 is 1.97 bits per heavy atom. The van der Waals surface area contributed by atoms with Crippen LogP contribution in [0.1, 0.15) is 28.0 Å². The van der Waals surface area contributed by atoms with Gasteiger partial charge in [0.1, 0.15) is 11.9 Å². The Morgan fingerprint density at radius 1 is 1.10 bits per heavy atom. The molecule has 0 saturated carbocycles. The standard InChI is InChI=1S/C24H22BrN5O/c1-17-21(8-9-22(28-17)18-5-2-7-20(25)15-18)24(31)30-12-4-11-29(13-14-30)23-19(16-26)6-3-10-27-23/h2-3,5-10,15H,4,11-14H2,1H3. The molecular formula is C24H22BrN5O. The Labute approximate surface area is 190 Å². The molecule has 0 N–H and O–H groups in total. The number of amides is 1. The minimum absolute atomic E-state index is 0.00540. The highest BCUT2D eigenvalue weighted by molar-refractivity contribution is 9.10. The maximum Gasteiger partial charge on any atom is 0.255 e. The molecule has 6 nitrogen and oxygen atoms in total. The number of halogens is 1. The van der Waals surface area contributed by atoms with Crippen molar-refractivity contribution in [1.29, 1.82) is 5.26 Å². The van der Waals surface area contributed by atoms with E-state index in [0.717, 1.165) is 34.4 Å². The molecule has 0 unspecified atom stereocenters. The molecule has 3 aromatic rings. The van der Waals surface area contributed by atoms with Gasteiger partial charge in [0, 0.05) is 42.4 Å². The van der Waals surface area contributed by atoms with Crippen molar-refractivity contribution >= 4 is 27.7 Å². The summed E-state index contributed by atoms with van der Waals surface area (Å²) in [5.74, 6) is 0.685. The van der Waals surface area contributed by atoms with Crippen LogP contribution in [0, 0.1) is 18.3 Å². The van der Waals surface area contributed by atoms with Crippen LogP contribution in [0.15, 0.2) is 59.2 Å². The summed E-state index contributed by atoms with van der Waals surface area (Å²) in [6.07, 6.45) is 2.52. The van der Waals surface area contributed by atoms with Crippen molar-refractivity contribution in [2.75, 3.05) is 31.1 Å². The molecule has 0 atom stereocenters. The lowest BCUT2D eigenvalue weighted by molar-refractivity contribution is 0.0766. The molecule has 1 aromatic carbocycles. The van der Waals surface area contributed by atoms with Crippen molar-refractivity contribution in [3.8, 4) is 17.3 Å². The minimum Gasteiger partial charge on any atom is -0.354 e. The monoisotopic (exact) mass is 475 g/mol. The van der Waals surface area contributed by atoms with E-state index >= 15 is 0 Å². The molecule has 156 valence electrons. The third-order valence-electron chi connectivity index (χ3n) is 5.43. The summed E-state index contributed by atoms with van der Waals surface area (Å²) in [6, 6.07) is 17.5. The largest absolute Gasteiger partial charge is 0.354 e. The van der Waals surface area contributed by atoms with Gasteiger partial charge in [-0.1, -0.05) is 28.1 Å². The van der Waals surface area contributed by atoms with Gasteiger partial charge in [-0.25, -0.2) is 4.98 Å². The smallest absolute Gasteiger partial charge is 0.255 e. The molecule has 31 heavy (non-hydrogen) atoms. The molecular weight excluding hydrogens is 454 g/mol. The van der Waals surface area contributed by atoms with Crippen molar-refractivity contribution in [2.24, 2.45) is 0 Å². The van der Waals surface area contributed by atoms with E-state index in [0.29, 0.717) is 36.6 Å². The molecule has 3 heterocycles. The van der Waals surface area contributed by atoms with Gasteiger partial charge in [-0.05, 0) is 49.7 Å². The second-order valence-corrected chi connectivity index (χ2v) is 8.37. The van der Waals surface area contributed by atoms with Crippen LogP contribution in [0.25, 0.3) is 11.3 Å². The molecule has 0 aliphatic carbocycles. The SMILES string of the molecule is Cc1nc(-c2cccc(Br)c2)ccc1C(=O)N1CCCN(c2ncccc2C#N)CC1. The maximum atomic E-state index is 13.2. The molecule has 1 fully saturated rings. The van der Waals surface area contributed by atoms with E-state index in [1.165, 1.54) is 0 Å². The van der Waals surface area contributed by atoms with Gasteiger partial charge in [-0.3, -0.25) is 9.78 Å². The summed E-state index contributed by atoms with van der Waals surface area (Å²) in [5, 5.41) is 9.37. The van der Waals surface area contributed by atoms with Gasteiger partial charge in [0.2, 0.25) is 0 Å². The third-order valence-corrected chi connectivity index (χ3v) is 5.92. The zero-order valence-corrected chi connectivity index (χ0v) is 18.8. The summed E-state index contributed by atoms with van der Waals surface area (Å²) >= 11 is 3.49. The maximum absolute atomic E-state index is 13.2. The molecule has 0 radical (unpaired) electrons. The number of nitrogens with zero attached hydrogens (tertiary/aromatic N) is 5. The number of aryl methyl sites for hydroxylation is 1. The van der Waals surface area contributed by atoms with Crippen molar-refractivity contribution in [3.63, 3.8) is 0 Å². The fourth-order valence-corrected chi connectivity index (χ4v) is 4.23.